The summed E-state index contributed by atoms with van der Waals surface area (Å²) in [7, 11) is 0. The summed E-state index contributed by atoms with van der Waals surface area (Å²) < 4.78 is 0. The van der Waals surface area contributed by atoms with E-state index in [0.717, 1.165) is 11.3 Å². The second kappa shape index (κ2) is 7.14. The number of hydrogen-bond acceptors (Lipinski definition) is 7. The molecule has 0 saturated heterocycles. The minimum atomic E-state index is 0.361. The smallest absolute Gasteiger partial charge is 0.231 e. The lowest BCUT2D eigenvalue weighted by molar-refractivity contribution is 1.12. The van der Waals surface area contributed by atoms with Gasteiger partial charge in [0.05, 0.1) is 5.56 Å². The number of nitrogens with one attached hydrogen (secondary N) is 3. The van der Waals surface area contributed by atoms with Crippen molar-refractivity contribution in [2.24, 2.45) is 11.7 Å². The van der Waals surface area contributed by atoms with Gasteiger partial charge < -0.3 is 16.2 Å². The lowest BCUT2D eigenvalue weighted by Gasteiger charge is -2.15. The van der Waals surface area contributed by atoms with E-state index in [1.54, 1.807) is 12.1 Å². The van der Waals surface area contributed by atoms with E-state index in [1.807, 2.05) is 42.5 Å². The summed E-state index contributed by atoms with van der Waals surface area (Å²) in [5.41, 5.74) is 7.50. The standard InChI is InChI=1S/C16H16ClN7/c17-11-8-6-10(7-9-11)13-14(23-18)21-16(22-15(13)24-19)20-12-4-2-1-3-5-12/h1-9H,18-19H2,(H3,20,21,22,23,24). The fraction of sp³-hybridized carbons (Fsp3) is 0. The SMILES string of the molecule is NNc1nc(Nc2ccccc2)nc(NN)c1-c1ccc(Cl)cc1. The maximum atomic E-state index is 5.94. The Bertz CT molecular complexity index is 797. The Labute approximate surface area is 144 Å². The summed E-state index contributed by atoms with van der Waals surface area (Å²) in [5, 5.41) is 3.74. The summed E-state index contributed by atoms with van der Waals surface area (Å²) in [6, 6.07) is 16.8. The van der Waals surface area contributed by atoms with Crippen molar-refractivity contribution >= 4 is 34.9 Å². The van der Waals surface area contributed by atoms with Crippen LogP contribution in [0.1, 0.15) is 0 Å². The number of para-hydroxylation sites is 1. The topological polar surface area (TPSA) is 114 Å². The van der Waals surface area contributed by atoms with Gasteiger partial charge in [0, 0.05) is 10.7 Å². The third-order valence-electron chi connectivity index (χ3n) is 3.35. The van der Waals surface area contributed by atoms with Crippen LogP contribution in [0.4, 0.5) is 23.3 Å². The van der Waals surface area contributed by atoms with Crippen molar-refractivity contribution in [3.8, 4) is 11.1 Å². The zero-order chi connectivity index (χ0) is 16.9. The molecule has 0 amide bonds. The van der Waals surface area contributed by atoms with Crippen LogP contribution in [0.3, 0.4) is 0 Å². The molecule has 3 aromatic rings. The van der Waals surface area contributed by atoms with Crippen molar-refractivity contribution < 1.29 is 0 Å². The first kappa shape index (κ1) is 16.0. The lowest BCUT2D eigenvalue weighted by atomic mass is 10.1. The highest BCUT2D eigenvalue weighted by molar-refractivity contribution is 6.30. The summed E-state index contributed by atoms with van der Waals surface area (Å²) >= 11 is 5.94. The van der Waals surface area contributed by atoms with Gasteiger partial charge in [0.1, 0.15) is 0 Å². The van der Waals surface area contributed by atoms with Crippen molar-refractivity contribution in [1.29, 1.82) is 0 Å². The van der Waals surface area contributed by atoms with E-state index < -0.39 is 0 Å². The number of halogens is 1. The largest absolute Gasteiger partial charge is 0.324 e. The minimum Gasteiger partial charge on any atom is -0.324 e. The fourth-order valence-electron chi connectivity index (χ4n) is 2.27. The van der Waals surface area contributed by atoms with E-state index in [-0.39, 0.29) is 0 Å². The Morgan fingerprint density at radius 1 is 0.792 bits per heavy atom. The number of hydrazine groups is 2. The molecule has 0 spiro atoms. The molecule has 0 unspecified atom stereocenters. The van der Waals surface area contributed by atoms with Gasteiger partial charge in [-0.3, -0.25) is 0 Å². The molecule has 0 atom stereocenters. The third-order valence-corrected chi connectivity index (χ3v) is 3.60. The predicted molar refractivity (Wildman–Crippen MR) is 97.8 cm³/mol. The number of nitrogens with two attached hydrogens (primary N) is 2. The van der Waals surface area contributed by atoms with Crippen LogP contribution >= 0.6 is 11.6 Å². The van der Waals surface area contributed by atoms with E-state index in [2.05, 4.69) is 26.1 Å². The molecule has 7 N–H and O–H groups in total. The van der Waals surface area contributed by atoms with Crippen LogP contribution in [0.25, 0.3) is 11.1 Å². The summed E-state index contributed by atoms with van der Waals surface area (Å²) in [6.45, 7) is 0. The van der Waals surface area contributed by atoms with Gasteiger partial charge in [0.15, 0.2) is 11.6 Å². The molecule has 8 heteroatoms. The molecule has 0 aliphatic carbocycles. The number of nitrogen functional groups attached to an aromatic ring is 2. The molecule has 7 nitrogen and oxygen atoms in total. The molecule has 122 valence electrons. The highest BCUT2D eigenvalue weighted by atomic mass is 35.5. The van der Waals surface area contributed by atoms with Crippen LogP contribution in [0.2, 0.25) is 5.02 Å². The summed E-state index contributed by atoms with van der Waals surface area (Å²) in [4.78, 5) is 8.81. The third kappa shape index (κ3) is 3.38. The molecule has 0 saturated carbocycles. The van der Waals surface area contributed by atoms with Crippen LogP contribution < -0.4 is 27.9 Å². The average molecular weight is 342 g/mol. The molecular weight excluding hydrogens is 326 g/mol. The van der Waals surface area contributed by atoms with Gasteiger partial charge >= 0.3 is 0 Å². The maximum Gasteiger partial charge on any atom is 0.231 e. The first-order chi connectivity index (χ1) is 11.7. The fourth-order valence-corrected chi connectivity index (χ4v) is 2.39. The van der Waals surface area contributed by atoms with Gasteiger partial charge in [-0.15, -0.1) is 0 Å². The van der Waals surface area contributed by atoms with E-state index in [4.69, 9.17) is 23.3 Å². The highest BCUT2D eigenvalue weighted by Crippen LogP contribution is 2.34. The minimum absolute atomic E-state index is 0.361. The molecular formula is C16H16ClN7. The van der Waals surface area contributed by atoms with E-state index in [9.17, 15) is 0 Å². The number of nitrogens with zero attached hydrogens (tertiary/aromatic N) is 2. The van der Waals surface area contributed by atoms with Crippen LogP contribution in [-0.2, 0) is 0 Å². The van der Waals surface area contributed by atoms with Crippen molar-refractivity contribution in [1.82, 2.24) is 9.97 Å². The molecule has 0 bridgehead atoms. The molecule has 0 radical (unpaired) electrons. The summed E-state index contributed by atoms with van der Waals surface area (Å²) in [6.07, 6.45) is 0. The second-order valence-corrected chi connectivity index (χ2v) is 5.34. The number of aromatic nitrogens is 2. The van der Waals surface area contributed by atoms with Crippen LogP contribution in [0.15, 0.2) is 54.6 Å². The highest BCUT2D eigenvalue weighted by Gasteiger charge is 2.15. The number of hydrogen-bond donors (Lipinski definition) is 5. The molecule has 2 aromatic carbocycles. The molecule has 1 heterocycles. The number of benzene rings is 2. The first-order valence-corrected chi connectivity index (χ1v) is 7.52. The Morgan fingerprint density at radius 3 is 1.92 bits per heavy atom. The quantitative estimate of drug-likeness (QED) is 0.358. The van der Waals surface area contributed by atoms with Crippen LogP contribution in [0.5, 0.6) is 0 Å². The lowest BCUT2D eigenvalue weighted by Crippen LogP contribution is -2.16. The Kier molecular flexibility index (Phi) is 4.76. The first-order valence-electron chi connectivity index (χ1n) is 7.14. The van der Waals surface area contributed by atoms with E-state index >= 15 is 0 Å². The molecule has 24 heavy (non-hydrogen) atoms. The van der Waals surface area contributed by atoms with Gasteiger partial charge in [-0.25, -0.2) is 11.7 Å². The molecule has 0 aliphatic heterocycles. The number of anilines is 4. The van der Waals surface area contributed by atoms with Gasteiger partial charge in [0.25, 0.3) is 0 Å². The Hall–Kier alpha value is -2.87. The van der Waals surface area contributed by atoms with Gasteiger partial charge in [0.2, 0.25) is 5.95 Å². The molecule has 1 aromatic heterocycles. The molecule has 3 rings (SSSR count). The molecule has 0 aliphatic rings. The zero-order valence-corrected chi connectivity index (χ0v) is 13.4. The summed E-state index contributed by atoms with van der Waals surface area (Å²) in [5.74, 6) is 12.5. The average Bonchev–Trinajstić information content (AvgIpc) is 2.62. The van der Waals surface area contributed by atoms with Crippen LogP contribution in [0, 0.1) is 0 Å². The number of rotatable bonds is 5. The van der Waals surface area contributed by atoms with Crippen molar-refractivity contribution in [2.75, 3.05) is 16.2 Å². The van der Waals surface area contributed by atoms with E-state index in [0.29, 0.717) is 28.2 Å². The normalized spacial score (nSPS) is 10.3. The maximum absolute atomic E-state index is 5.94. The monoisotopic (exact) mass is 341 g/mol. The van der Waals surface area contributed by atoms with E-state index in [1.165, 1.54) is 0 Å². The Morgan fingerprint density at radius 2 is 1.38 bits per heavy atom. The zero-order valence-electron chi connectivity index (χ0n) is 12.6. The van der Waals surface area contributed by atoms with Crippen molar-refractivity contribution in [2.45, 2.75) is 0 Å². The Balaban J connectivity index is 2.05. The van der Waals surface area contributed by atoms with Gasteiger partial charge in [-0.1, -0.05) is 41.9 Å². The van der Waals surface area contributed by atoms with Gasteiger partial charge in [-0.2, -0.15) is 9.97 Å². The van der Waals surface area contributed by atoms with Gasteiger partial charge in [-0.05, 0) is 29.8 Å². The predicted octanol–water partition coefficient (Wildman–Crippen LogP) is 3.11. The second-order valence-electron chi connectivity index (χ2n) is 4.91. The molecule has 0 fully saturated rings. The van der Waals surface area contributed by atoms with Crippen molar-refractivity contribution in [3.63, 3.8) is 0 Å². The van der Waals surface area contributed by atoms with Crippen LogP contribution in [-0.4, -0.2) is 9.97 Å². The van der Waals surface area contributed by atoms with Crippen molar-refractivity contribution in [3.05, 3.63) is 59.6 Å².